The number of halogens is 1. The molecule has 0 saturated carbocycles. The van der Waals surface area contributed by atoms with Crippen LogP contribution in [0, 0.1) is 12.7 Å². The summed E-state index contributed by atoms with van der Waals surface area (Å²) in [6, 6.07) is 3.39. The summed E-state index contributed by atoms with van der Waals surface area (Å²) in [5.74, 6) is -0.330. The number of aryl methyl sites for hydroxylation is 1. The third kappa shape index (κ3) is 2.16. The molecular weight excluding hydrogens is 247 g/mol. The monoisotopic (exact) mass is 266 g/mol. The second-order valence-electron chi connectivity index (χ2n) is 5.71. The Morgan fingerprint density at radius 2 is 2.00 bits per heavy atom. The number of pyridine rings is 1. The molecule has 1 aromatic heterocycles. The van der Waals surface area contributed by atoms with Gasteiger partial charge in [-0.1, -0.05) is 0 Å². The van der Waals surface area contributed by atoms with Crippen LogP contribution in [0.2, 0.25) is 0 Å². The maximum absolute atomic E-state index is 13.3. The second-order valence-corrected chi connectivity index (χ2v) is 5.71. The summed E-state index contributed by atoms with van der Waals surface area (Å²) in [6.45, 7) is 2.89. The third-order valence-corrected chi connectivity index (χ3v) is 4.42. The SMILES string of the molecule is Cc1nc(C2(O)CC3COCC(C2)N3C)ccc1F. The minimum atomic E-state index is -0.968. The molecule has 19 heavy (non-hydrogen) atoms. The molecule has 104 valence electrons. The Morgan fingerprint density at radius 1 is 1.37 bits per heavy atom. The highest BCUT2D eigenvalue weighted by atomic mass is 19.1. The molecule has 2 bridgehead atoms. The van der Waals surface area contributed by atoms with Crippen LogP contribution in [0.3, 0.4) is 0 Å². The Bertz CT molecular complexity index is 480. The molecule has 3 heterocycles. The molecule has 1 N–H and O–H groups in total. The van der Waals surface area contributed by atoms with Gasteiger partial charge in [0.2, 0.25) is 0 Å². The molecule has 2 saturated heterocycles. The Kier molecular flexibility index (Phi) is 3.08. The average molecular weight is 266 g/mol. The quantitative estimate of drug-likeness (QED) is 0.830. The lowest BCUT2D eigenvalue weighted by Gasteiger charge is -2.49. The number of rotatable bonds is 1. The number of fused-ring (bicyclic) bond motifs is 2. The maximum Gasteiger partial charge on any atom is 0.144 e. The molecule has 4 nitrogen and oxygen atoms in total. The van der Waals surface area contributed by atoms with E-state index in [1.165, 1.54) is 6.07 Å². The lowest BCUT2D eigenvalue weighted by atomic mass is 9.79. The van der Waals surface area contributed by atoms with Crippen molar-refractivity contribution in [3.05, 3.63) is 29.3 Å². The summed E-state index contributed by atoms with van der Waals surface area (Å²) in [5, 5.41) is 10.9. The highest BCUT2D eigenvalue weighted by Gasteiger charge is 2.46. The van der Waals surface area contributed by atoms with Gasteiger partial charge in [0.1, 0.15) is 11.4 Å². The van der Waals surface area contributed by atoms with Crippen LogP contribution in [-0.2, 0) is 10.3 Å². The van der Waals surface area contributed by atoms with Crippen molar-refractivity contribution < 1.29 is 14.2 Å². The second kappa shape index (κ2) is 4.51. The molecule has 2 aliphatic rings. The van der Waals surface area contributed by atoms with Gasteiger partial charge in [-0.25, -0.2) is 4.39 Å². The number of likely N-dealkylation sites (N-methyl/N-ethyl adjacent to an activating group) is 1. The first-order valence-corrected chi connectivity index (χ1v) is 6.65. The van der Waals surface area contributed by atoms with E-state index in [1.54, 1.807) is 13.0 Å². The van der Waals surface area contributed by atoms with Crippen molar-refractivity contribution in [1.29, 1.82) is 0 Å². The molecule has 0 aliphatic carbocycles. The lowest BCUT2D eigenvalue weighted by molar-refractivity contribution is -0.139. The van der Waals surface area contributed by atoms with E-state index in [9.17, 15) is 9.50 Å². The van der Waals surface area contributed by atoms with Gasteiger partial charge in [0.05, 0.1) is 24.6 Å². The Balaban J connectivity index is 1.92. The fourth-order valence-corrected chi connectivity index (χ4v) is 3.15. The number of morpholine rings is 1. The molecular formula is C14H19FN2O2. The zero-order valence-corrected chi connectivity index (χ0v) is 11.3. The number of aliphatic hydroxyl groups is 1. The van der Waals surface area contributed by atoms with Crippen LogP contribution in [0.25, 0.3) is 0 Å². The number of aromatic nitrogens is 1. The van der Waals surface area contributed by atoms with Gasteiger partial charge in [-0.2, -0.15) is 0 Å². The highest BCUT2D eigenvalue weighted by Crippen LogP contribution is 2.39. The fraction of sp³-hybridized carbons (Fsp3) is 0.643. The van der Waals surface area contributed by atoms with Crippen LogP contribution in [-0.4, -0.2) is 47.3 Å². The molecule has 3 rings (SSSR count). The Labute approximate surface area is 112 Å². The van der Waals surface area contributed by atoms with Crippen molar-refractivity contribution in [2.75, 3.05) is 20.3 Å². The van der Waals surface area contributed by atoms with Crippen molar-refractivity contribution in [1.82, 2.24) is 9.88 Å². The Morgan fingerprint density at radius 3 is 2.58 bits per heavy atom. The fourth-order valence-electron chi connectivity index (χ4n) is 3.15. The van der Waals surface area contributed by atoms with Crippen LogP contribution in [0.4, 0.5) is 4.39 Å². The van der Waals surface area contributed by atoms with Gasteiger partial charge in [-0.05, 0) is 38.9 Å². The zero-order valence-electron chi connectivity index (χ0n) is 11.3. The molecule has 0 aromatic carbocycles. The highest BCUT2D eigenvalue weighted by molar-refractivity contribution is 5.20. The van der Waals surface area contributed by atoms with Crippen molar-refractivity contribution in [2.24, 2.45) is 0 Å². The van der Waals surface area contributed by atoms with Gasteiger partial charge < -0.3 is 9.84 Å². The minimum absolute atomic E-state index is 0.199. The Hall–Kier alpha value is -1.04. The average Bonchev–Trinajstić information content (AvgIpc) is 2.35. The maximum atomic E-state index is 13.3. The van der Waals surface area contributed by atoms with E-state index in [-0.39, 0.29) is 17.9 Å². The first kappa shape index (κ1) is 13.0. The van der Waals surface area contributed by atoms with Gasteiger partial charge in [0, 0.05) is 12.1 Å². The lowest BCUT2D eigenvalue weighted by Crippen LogP contribution is -2.59. The van der Waals surface area contributed by atoms with Crippen LogP contribution in [0.15, 0.2) is 12.1 Å². The summed E-state index contributed by atoms with van der Waals surface area (Å²) in [5.41, 5.74) is -0.0490. The summed E-state index contributed by atoms with van der Waals surface area (Å²) >= 11 is 0. The van der Waals surface area contributed by atoms with Gasteiger partial charge in [0.25, 0.3) is 0 Å². The summed E-state index contributed by atoms with van der Waals surface area (Å²) in [4.78, 5) is 6.51. The van der Waals surface area contributed by atoms with E-state index >= 15 is 0 Å². The molecule has 5 heteroatoms. The number of hydrogen-bond donors (Lipinski definition) is 1. The first-order chi connectivity index (χ1) is 8.99. The molecule has 2 atom stereocenters. The summed E-state index contributed by atoms with van der Waals surface area (Å²) in [7, 11) is 2.07. The number of ether oxygens (including phenoxy) is 1. The van der Waals surface area contributed by atoms with Crippen LogP contribution in [0.1, 0.15) is 24.2 Å². The van der Waals surface area contributed by atoms with Crippen LogP contribution >= 0.6 is 0 Å². The molecule has 0 amide bonds. The zero-order chi connectivity index (χ0) is 13.6. The van der Waals surface area contributed by atoms with Gasteiger partial charge in [-0.15, -0.1) is 0 Å². The first-order valence-electron chi connectivity index (χ1n) is 6.65. The number of nitrogens with zero attached hydrogens (tertiary/aromatic N) is 2. The molecule has 2 fully saturated rings. The predicted octanol–water partition coefficient (Wildman–Crippen LogP) is 1.21. The van der Waals surface area contributed by atoms with Crippen LogP contribution < -0.4 is 0 Å². The van der Waals surface area contributed by atoms with Crippen LogP contribution in [0.5, 0.6) is 0 Å². The molecule has 1 aromatic rings. The van der Waals surface area contributed by atoms with Crippen molar-refractivity contribution in [3.63, 3.8) is 0 Å². The topological polar surface area (TPSA) is 45.6 Å². The molecule has 0 spiro atoms. The van der Waals surface area contributed by atoms with Gasteiger partial charge in [0.15, 0.2) is 0 Å². The minimum Gasteiger partial charge on any atom is -0.383 e. The largest absolute Gasteiger partial charge is 0.383 e. The van der Waals surface area contributed by atoms with E-state index in [4.69, 9.17) is 4.74 Å². The molecule has 0 radical (unpaired) electrons. The molecule has 2 unspecified atom stereocenters. The molecule has 2 aliphatic heterocycles. The normalized spacial score (nSPS) is 35.4. The van der Waals surface area contributed by atoms with Crippen molar-refractivity contribution in [3.8, 4) is 0 Å². The van der Waals surface area contributed by atoms with Gasteiger partial charge in [-0.3, -0.25) is 9.88 Å². The van der Waals surface area contributed by atoms with E-state index in [0.717, 1.165) is 0 Å². The summed E-state index contributed by atoms with van der Waals surface area (Å²) in [6.07, 6.45) is 1.16. The summed E-state index contributed by atoms with van der Waals surface area (Å²) < 4.78 is 18.9. The number of hydrogen-bond acceptors (Lipinski definition) is 4. The van der Waals surface area contributed by atoms with E-state index in [2.05, 4.69) is 16.9 Å². The number of piperidine rings is 1. The third-order valence-electron chi connectivity index (χ3n) is 4.42. The van der Waals surface area contributed by atoms with Crippen molar-refractivity contribution in [2.45, 2.75) is 37.5 Å². The van der Waals surface area contributed by atoms with Crippen molar-refractivity contribution >= 4 is 0 Å². The van der Waals surface area contributed by atoms with E-state index < -0.39 is 5.60 Å². The predicted molar refractivity (Wildman–Crippen MR) is 68.2 cm³/mol. The van der Waals surface area contributed by atoms with Gasteiger partial charge >= 0.3 is 0 Å². The van der Waals surface area contributed by atoms with E-state index in [0.29, 0.717) is 37.4 Å². The van der Waals surface area contributed by atoms with E-state index in [1.807, 2.05) is 0 Å². The standard InChI is InChI=1S/C14H19FN2O2/c1-9-12(15)3-4-13(16-9)14(18)5-10-7-19-8-11(6-14)17(10)2/h3-4,10-11,18H,5-8H2,1-2H3. The smallest absolute Gasteiger partial charge is 0.144 e.